The van der Waals surface area contributed by atoms with E-state index in [0.29, 0.717) is 19.6 Å². The zero-order valence-electron chi connectivity index (χ0n) is 14.7. The second-order valence-electron chi connectivity index (χ2n) is 6.97. The molecule has 0 aliphatic rings. The molecule has 1 atom stereocenters. The van der Waals surface area contributed by atoms with Crippen molar-refractivity contribution in [3.63, 3.8) is 0 Å². The Morgan fingerprint density at radius 1 is 1.19 bits per heavy atom. The van der Waals surface area contributed by atoms with E-state index in [1.165, 1.54) is 0 Å². The molecule has 1 unspecified atom stereocenters. The fourth-order valence-corrected chi connectivity index (χ4v) is 1.79. The summed E-state index contributed by atoms with van der Waals surface area (Å²) in [4.78, 5) is 13.8. The van der Waals surface area contributed by atoms with Crippen LogP contribution in [0.1, 0.15) is 54.4 Å². The number of nitrogens with zero attached hydrogens (tertiary/aromatic N) is 1. The van der Waals surface area contributed by atoms with Gasteiger partial charge in [0.1, 0.15) is 5.60 Å². The van der Waals surface area contributed by atoms with Crippen molar-refractivity contribution in [2.75, 3.05) is 32.8 Å². The van der Waals surface area contributed by atoms with Crippen molar-refractivity contribution in [1.29, 1.82) is 0 Å². The van der Waals surface area contributed by atoms with E-state index in [9.17, 15) is 9.90 Å². The van der Waals surface area contributed by atoms with Gasteiger partial charge in [0.15, 0.2) is 0 Å². The van der Waals surface area contributed by atoms with Gasteiger partial charge in [-0.05, 0) is 33.6 Å². The molecule has 0 aliphatic carbocycles. The average molecular weight is 302 g/mol. The topological polar surface area (TPSA) is 61.8 Å². The Kier molecular flexibility index (Phi) is 8.90. The zero-order valence-corrected chi connectivity index (χ0v) is 14.7. The first-order chi connectivity index (χ1) is 9.67. The minimum Gasteiger partial charge on any atom is -0.444 e. The molecule has 2 N–H and O–H groups in total. The zero-order chi connectivity index (χ0) is 16.5. The largest absolute Gasteiger partial charge is 0.444 e. The van der Waals surface area contributed by atoms with Crippen LogP contribution < -0.4 is 5.32 Å². The number of hydrogen-bond donors (Lipinski definition) is 2. The van der Waals surface area contributed by atoms with Crippen LogP contribution in [0.3, 0.4) is 0 Å². The molecule has 0 fully saturated rings. The van der Waals surface area contributed by atoms with Crippen molar-refractivity contribution >= 4 is 6.09 Å². The van der Waals surface area contributed by atoms with E-state index in [0.717, 1.165) is 19.4 Å². The molecule has 0 saturated carbocycles. The Hall–Kier alpha value is -0.810. The van der Waals surface area contributed by atoms with Gasteiger partial charge in [-0.1, -0.05) is 20.8 Å². The number of ether oxygens (including phenoxy) is 1. The van der Waals surface area contributed by atoms with Crippen molar-refractivity contribution in [3.05, 3.63) is 0 Å². The van der Waals surface area contributed by atoms with Crippen molar-refractivity contribution < 1.29 is 14.6 Å². The molecule has 126 valence electrons. The quantitative estimate of drug-likeness (QED) is 0.643. The SMILES string of the molecule is CCCN(CCNCC(C)(CC)CO)C(=O)OC(C)(C)C. The lowest BCUT2D eigenvalue weighted by atomic mass is 9.89. The summed E-state index contributed by atoms with van der Waals surface area (Å²) in [5.41, 5.74) is -0.560. The Bertz CT molecular complexity index is 296. The number of hydrogen-bond acceptors (Lipinski definition) is 4. The van der Waals surface area contributed by atoms with Gasteiger partial charge in [0.25, 0.3) is 0 Å². The molecule has 0 aromatic rings. The smallest absolute Gasteiger partial charge is 0.410 e. The fourth-order valence-electron chi connectivity index (χ4n) is 1.79. The molecule has 0 saturated heterocycles. The van der Waals surface area contributed by atoms with Gasteiger partial charge in [-0.3, -0.25) is 0 Å². The van der Waals surface area contributed by atoms with Gasteiger partial charge in [-0.25, -0.2) is 4.79 Å². The summed E-state index contributed by atoms with van der Waals surface area (Å²) in [6, 6.07) is 0. The van der Waals surface area contributed by atoms with Crippen LogP contribution in [0, 0.1) is 5.41 Å². The van der Waals surface area contributed by atoms with Crippen LogP contribution in [0.15, 0.2) is 0 Å². The number of nitrogens with one attached hydrogen (secondary N) is 1. The predicted molar refractivity (Wildman–Crippen MR) is 86.5 cm³/mol. The molecule has 0 spiro atoms. The summed E-state index contributed by atoms with van der Waals surface area (Å²) in [7, 11) is 0. The third-order valence-corrected chi connectivity index (χ3v) is 3.49. The first-order valence-electron chi connectivity index (χ1n) is 7.97. The maximum Gasteiger partial charge on any atom is 0.410 e. The van der Waals surface area contributed by atoms with Crippen LogP contribution in [0.2, 0.25) is 0 Å². The maximum atomic E-state index is 12.1. The molecular weight excluding hydrogens is 268 g/mol. The fraction of sp³-hybridized carbons (Fsp3) is 0.938. The summed E-state index contributed by atoms with van der Waals surface area (Å²) in [5.74, 6) is 0. The van der Waals surface area contributed by atoms with Crippen LogP contribution in [-0.4, -0.2) is 54.5 Å². The number of carbonyl (C=O) groups is 1. The molecule has 0 bridgehead atoms. The van der Waals surface area contributed by atoms with Crippen LogP contribution in [0.25, 0.3) is 0 Å². The van der Waals surface area contributed by atoms with E-state index in [4.69, 9.17) is 4.74 Å². The van der Waals surface area contributed by atoms with Gasteiger partial charge >= 0.3 is 6.09 Å². The summed E-state index contributed by atoms with van der Waals surface area (Å²) in [5, 5.41) is 12.7. The monoisotopic (exact) mass is 302 g/mol. The lowest BCUT2D eigenvalue weighted by Crippen LogP contribution is -2.43. The molecule has 0 aliphatic heterocycles. The minimum absolute atomic E-state index is 0.0957. The Balaban J connectivity index is 4.25. The van der Waals surface area contributed by atoms with Crippen LogP contribution in [0.4, 0.5) is 4.79 Å². The molecule has 0 aromatic heterocycles. The molecular formula is C16H34N2O3. The molecule has 5 heteroatoms. The third kappa shape index (κ3) is 8.94. The first-order valence-corrected chi connectivity index (χ1v) is 7.97. The number of carbonyl (C=O) groups excluding carboxylic acids is 1. The lowest BCUT2D eigenvalue weighted by Gasteiger charge is -2.29. The van der Waals surface area contributed by atoms with E-state index in [-0.39, 0.29) is 18.1 Å². The Labute approximate surface area is 130 Å². The van der Waals surface area contributed by atoms with Crippen LogP contribution in [0.5, 0.6) is 0 Å². The van der Waals surface area contributed by atoms with E-state index in [1.807, 2.05) is 27.7 Å². The average Bonchev–Trinajstić information content (AvgIpc) is 2.40. The lowest BCUT2D eigenvalue weighted by molar-refractivity contribution is 0.0249. The van der Waals surface area contributed by atoms with Gasteiger partial charge < -0.3 is 20.1 Å². The van der Waals surface area contributed by atoms with Gasteiger partial charge in [0.05, 0.1) is 0 Å². The van der Waals surface area contributed by atoms with E-state index in [1.54, 1.807) is 4.90 Å². The van der Waals surface area contributed by atoms with E-state index in [2.05, 4.69) is 19.2 Å². The number of aliphatic hydroxyl groups excluding tert-OH is 1. The molecule has 0 rings (SSSR count). The predicted octanol–water partition coefficient (Wildman–Crippen LogP) is 2.63. The molecule has 0 heterocycles. The van der Waals surface area contributed by atoms with E-state index < -0.39 is 5.60 Å². The van der Waals surface area contributed by atoms with Crippen molar-refractivity contribution in [2.45, 2.75) is 60.0 Å². The highest BCUT2D eigenvalue weighted by atomic mass is 16.6. The highest BCUT2D eigenvalue weighted by Gasteiger charge is 2.22. The number of amides is 1. The molecule has 0 aromatic carbocycles. The van der Waals surface area contributed by atoms with Crippen molar-refractivity contribution in [1.82, 2.24) is 10.2 Å². The van der Waals surface area contributed by atoms with Crippen molar-refractivity contribution in [2.24, 2.45) is 5.41 Å². The summed E-state index contributed by atoms with van der Waals surface area (Å²) in [6.45, 7) is 14.7. The minimum atomic E-state index is -0.464. The third-order valence-electron chi connectivity index (χ3n) is 3.49. The molecule has 1 amide bonds. The van der Waals surface area contributed by atoms with Gasteiger partial charge in [0.2, 0.25) is 0 Å². The van der Waals surface area contributed by atoms with Gasteiger partial charge in [-0.2, -0.15) is 0 Å². The normalized spacial score (nSPS) is 14.6. The molecule has 0 radical (unpaired) electrons. The summed E-state index contributed by atoms with van der Waals surface area (Å²) in [6.07, 6.45) is 1.57. The Morgan fingerprint density at radius 2 is 1.81 bits per heavy atom. The Morgan fingerprint density at radius 3 is 2.24 bits per heavy atom. The molecule has 21 heavy (non-hydrogen) atoms. The first kappa shape index (κ1) is 20.2. The highest BCUT2D eigenvalue weighted by molar-refractivity contribution is 5.68. The van der Waals surface area contributed by atoms with Crippen LogP contribution >= 0.6 is 0 Å². The number of rotatable bonds is 9. The second kappa shape index (κ2) is 9.26. The molecule has 5 nitrogen and oxygen atoms in total. The van der Waals surface area contributed by atoms with E-state index >= 15 is 0 Å². The van der Waals surface area contributed by atoms with Gasteiger partial charge in [0, 0.05) is 38.2 Å². The van der Waals surface area contributed by atoms with Crippen LogP contribution in [-0.2, 0) is 4.74 Å². The summed E-state index contributed by atoms with van der Waals surface area (Å²) < 4.78 is 5.41. The van der Waals surface area contributed by atoms with Crippen molar-refractivity contribution in [3.8, 4) is 0 Å². The maximum absolute atomic E-state index is 12.1. The second-order valence-corrected chi connectivity index (χ2v) is 6.97. The number of aliphatic hydroxyl groups is 1. The highest BCUT2D eigenvalue weighted by Crippen LogP contribution is 2.18. The standard InChI is InChI=1S/C16H34N2O3/c1-7-10-18(14(20)21-15(3,4)5)11-9-17-12-16(6,8-2)13-19/h17,19H,7-13H2,1-6H3. The summed E-state index contributed by atoms with van der Waals surface area (Å²) >= 11 is 0. The van der Waals surface area contributed by atoms with Gasteiger partial charge in [-0.15, -0.1) is 0 Å².